The zero-order chi connectivity index (χ0) is 20.6. The summed E-state index contributed by atoms with van der Waals surface area (Å²) in [6, 6.07) is 12.2. The van der Waals surface area contributed by atoms with Crippen LogP contribution in [0.25, 0.3) is 0 Å². The van der Waals surface area contributed by atoms with E-state index in [2.05, 4.69) is 46.8 Å². The lowest BCUT2D eigenvalue weighted by Crippen LogP contribution is -2.42. The number of methoxy groups -OCH3 is 1. The van der Waals surface area contributed by atoms with Crippen LogP contribution in [0.4, 0.5) is 0 Å². The number of hydrogen-bond acceptors (Lipinski definition) is 5. The van der Waals surface area contributed by atoms with E-state index in [1.54, 1.807) is 25.4 Å². The highest BCUT2D eigenvalue weighted by molar-refractivity contribution is 14.0. The Bertz CT molecular complexity index is 734. The minimum Gasteiger partial charge on any atom is -0.497 e. The summed E-state index contributed by atoms with van der Waals surface area (Å²) in [5.41, 5.74) is 0.215. The molecule has 1 heterocycles. The number of likely N-dealkylation sites (N-methyl/N-ethyl adjacent to an activating group) is 1. The molecule has 3 N–H and O–H groups in total. The zero-order valence-electron chi connectivity index (χ0n) is 17.8. The summed E-state index contributed by atoms with van der Waals surface area (Å²) in [6.45, 7) is 5.56. The van der Waals surface area contributed by atoms with E-state index in [4.69, 9.17) is 4.74 Å². The second kappa shape index (κ2) is 12.4. The van der Waals surface area contributed by atoms with Gasteiger partial charge in [-0.3, -0.25) is 0 Å². The molecule has 0 saturated heterocycles. The summed E-state index contributed by atoms with van der Waals surface area (Å²) in [7, 11) is 5.79. The van der Waals surface area contributed by atoms with Crippen LogP contribution in [-0.4, -0.2) is 56.8 Å². The van der Waals surface area contributed by atoms with Gasteiger partial charge in [0.2, 0.25) is 0 Å². The van der Waals surface area contributed by atoms with E-state index in [0.29, 0.717) is 12.5 Å². The van der Waals surface area contributed by atoms with Gasteiger partial charge >= 0.3 is 0 Å². The fourth-order valence-electron chi connectivity index (χ4n) is 2.86. The third-order valence-electron chi connectivity index (χ3n) is 4.53. The van der Waals surface area contributed by atoms with Gasteiger partial charge < -0.3 is 25.4 Å². The van der Waals surface area contributed by atoms with Crippen molar-refractivity contribution in [3.8, 4) is 5.75 Å². The topological polar surface area (TPSA) is 69.1 Å². The van der Waals surface area contributed by atoms with Crippen molar-refractivity contribution < 1.29 is 9.84 Å². The molecule has 1 aromatic heterocycles. The Morgan fingerprint density at radius 2 is 1.93 bits per heavy atom. The number of thiophene rings is 1. The highest BCUT2D eigenvalue weighted by Gasteiger charge is 2.24. The average molecular weight is 532 g/mol. The van der Waals surface area contributed by atoms with E-state index in [1.165, 1.54) is 5.56 Å². The summed E-state index contributed by atoms with van der Waals surface area (Å²) < 4.78 is 5.25. The van der Waals surface area contributed by atoms with Crippen molar-refractivity contribution in [3.05, 3.63) is 52.2 Å². The van der Waals surface area contributed by atoms with Gasteiger partial charge in [0.05, 0.1) is 19.7 Å². The van der Waals surface area contributed by atoms with Gasteiger partial charge in [-0.1, -0.05) is 18.2 Å². The standard InChI is InChI=1S/C21H32N4O2S.HI/c1-6-22-20(24-15-21(2,26)19-8-7-13-28-19)23-14-18(25(3)4)16-9-11-17(27-5)12-10-16;/h7-13,18,26H,6,14-15H2,1-5H3,(H2,22,23,24);1H. The van der Waals surface area contributed by atoms with E-state index < -0.39 is 5.60 Å². The second-order valence-electron chi connectivity index (χ2n) is 7.08. The van der Waals surface area contributed by atoms with Gasteiger partial charge in [0, 0.05) is 18.0 Å². The molecule has 0 fully saturated rings. The molecule has 0 radical (unpaired) electrons. The molecule has 2 rings (SSSR count). The van der Waals surface area contributed by atoms with Crippen molar-refractivity contribution in [2.24, 2.45) is 4.99 Å². The molecule has 0 aliphatic carbocycles. The molecule has 0 spiro atoms. The molecule has 162 valence electrons. The van der Waals surface area contributed by atoms with Crippen LogP contribution in [0.2, 0.25) is 0 Å². The van der Waals surface area contributed by atoms with Crippen LogP contribution in [0.1, 0.15) is 30.3 Å². The van der Waals surface area contributed by atoms with Gasteiger partial charge in [0.15, 0.2) is 5.96 Å². The fourth-order valence-corrected chi connectivity index (χ4v) is 3.63. The molecule has 0 amide bonds. The normalized spacial score (nSPS) is 14.7. The van der Waals surface area contributed by atoms with Gasteiger partial charge in [0.1, 0.15) is 11.4 Å². The van der Waals surface area contributed by atoms with E-state index in [-0.39, 0.29) is 36.6 Å². The lowest BCUT2D eigenvalue weighted by Gasteiger charge is -2.26. The number of benzene rings is 1. The van der Waals surface area contributed by atoms with Gasteiger partial charge in [0.25, 0.3) is 0 Å². The minimum absolute atomic E-state index is 0. The fraction of sp³-hybridized carbons (Fsp3) is 0.476. The Kier molecular flexibility index (Phi) is 10.9. The van der Waals surface area contributed by atoms with E-state index >= 15 is 0 Å². The minimum atomic E-state index is -0.979. The lowest BCUT2D eigenvalue weighted by atomic mass is 10.1. The maximum atomic E-state index is 10.7. The number of halogens is 1. The molecule has 0 bridgehead atoms. The lowest BCUT2D eigenvalue weighted by molar-refractivity contribution is 0.0711. The Morgan fingerprint density at radius 3 is 2.45 bits per heavy atom. The summed E-state index contributed by atoms with van der Waals surface area (Å²) in [6.07, 6.45) is 0. The number of aliphatic imine (C=N–C) groups is 1. The van der Waals surface area contributed by atoms with Crippen LogP contribution in [0, 0.1) is 0 Å². The quantitative estimate of drug-likeness (QED) is 0.262. The highest BCUT2D eigenvalue weighted by Crippen LogP contribution is 2.25. The van der Waals surface area contributed by atoms with Crippen molar-refractivity contribution in [2.45, 2.75) is 25.5 Å². The average Bonchev–Trinajstić information content (AvgIpc) is 3.22. The first-order valence-corrected chi connectivity index (χ1v) is 10.3. The van der Waals surface area contributed by atoms with E-state index in [9.17, 15) is 5.11 Å². The number of hydrogen-bond donors (Lipinski definition) is 3. The largest absolute Gasteiger partial charge is 0.497 e. The van der Waals surface area contributed by atoms with Crippen molar-refractivity contribution in [1.29, 1.82) is 0 Å². The van der Waals surface area contributed by atoms with Crippen LogP contribution in [0.3, 0.4) is 0 Å². The number of nitrogens with one attached hydrogen (secondary N) is 2. The monoisotopic (exact) mass is 532 g/mol. The van der Waals surface area contributed by atoms with Crippen LogP contribution in [0.15, 0.2) is 46.8 Å². The van der Waals surface area contributed by atoms with Crippen molar-refractivity contribution in [2.75, 3.05) is 40.8 Å². The van der Waals surface area contributed by atoms with E-state index in [0.717, 1.165) is 17.2 Å². The molecule has 8 heteroatoms. The summed E-state index contributed by atoms with van der Waals surface area (Å²) >= 11 is 1.54. The Balaban J connectivity index is 0.00000420. The first kappa shape index (κ1) is 25.7. The SMILES string of the molecule is CCNC(=NCC(C)(O)c1cccs1)NCC(c1ccc(OC)cc1)N(C)C.I. The third-order valence-corrected chi connectivity index (χ3v) is 5.65. The molecule has 0 aliphatic rings. The van der Waals surface area contributed by atoms with Crippen molar-refractivity contribution >= 4 is 41.3 Å². The number of rotatable bonds is 9. The van der Waals surface area contributed by atoms with Crippen LogP contribution in [-0.2, 0) is 5.60 Å². The zero-order valence-corrected chi connectivity index (χ0v) is 21.0. The molecule has 2 atom stereocenters. The molecule has 2 aromatic rings. The van der Waals surface area contributed by atoms with Gasteiger partial charge in [-0.2, -0.15) is 0 Å². The Labute approximate surface area is 195 Å². The maximum Gasteiger partial charge on any atom is 0.191 e. The molecule has 0 aliphatic heterocycles. The number of ether oxygens (including phenoxy) is 1. The highest BCUT2D eigenvalue weighted by atomic mass is 127. The molecule has 1 aromatic carbocycles. The maximum absolute atomic E-state index is 10.7. The predicted octanol–water partition coefficient (Wildman–Crippen LogP) is 3.44. The Hall–Kier alpha value is -1.36. The second-order valence-corrected chi connectivity index (χ2v) is 8.03. The van der Waals surface area contributed by atoms with Crippen molar-refractivity contribution in [1.82, 2.24) is 15.5 Å². The smallest absolute Gasteiger partial charge is 0.191 e. The van der Waals surface area contributed by atoms with Crippen molar-refractivity contribution in [3.63, 3.8) is 0 Å². The van der Waals surface area contributed by atoms with Gasteiger partial charge in [-0.05, 0) is 57.1 Å². The first-order valence-electron chi connectivity index (χ1n) is 9.46. The summed E-state index contributed by atoms with van der Waals surface area (Å²) in [4.78, 5) is 7.69. The van der Waals surface area contributed by atoms with Crippen LogP contribution in [0.5, 0.6) is 5.75 Å². The third kappa shape index (κ3) is 7.76. The molecule has 0 saturated carbocycles. The van der Waals surface area contributed by atoms with Gasteiger partial charge in [-0.25, -0.2) is 4.99 Å². The van der Waals surface area contributed by atoms with Gasteiger partial charge in [-0.15, -0.1) is 35.3 Å². The molecule has 2 unspecified atom stereocenters. The Morgan fingerprint density at radius 1 is 1.24 bits per heavy atom. The summed E-state index contributed by atoms with van der Waals surface area (Å²) in [5, 5.41) is 19.3. The molecular weight excluding hydrogens is 499 g/mol. The number of guanidine groups is 1. The first-order chi connectivity index (χ1) is 13.4. The number of nitrogens with zero attached hydrogens (tertiary/aromatic N) is 2. The molecule has 29 heavy (non-hydrogen) atoms. The number of aliphatic hydroxyl groups is 1. The van der Waals surface area contributed by atoms with Crippen LogP contribution < -0.4 is 15.4 Å². The van der Waals surface area contributed by atoms with Crippen LogP contribution >= 0.6 is 35.3 Å². The molecular formula is C21H33IN4O2S. The summed E-state index contributed by atoms with van der Waals surface area (Å²) in [5.74, 6) is 1.54. The predicted molar refractivity (Wildman–Crippen MR) is 133 cm³/mol. The molecule has 6 nitrogen and oxygen atoms in total. The van der Waals surface area contributed by atoms with E-state index in [1.807, 2.05) is 36.6 Å².